The Balaban J connectivity index is 1.87. The van der Waals surface area contributed by atoms with Crippen molar-refractivity contribution in [3.05, 3.63) is 0 Å². The second-order valence-corrected chi connectivity index (χ2v) is 5.96. The Morgan fingerprint density at radius 1 is 1.31 bits per heavy atom. The van der Waals surface area contributed by atoms with Crippen molar-refractivity contribution in [1.82, 2.24) is 10.7 Å². The second kappa shape index (κ2) is 4.62. The van der Waals surface area contributed by atoms with E-state index in [0.717, 1.165) is 5.96 Å². The molecule has 2 saturated carbocycles. The molecule has 0 saturated heterocycles. The number of guanidine groups is 1. The van der Waals surface area contributed by atoms with E-state index < -0.39 is 0 Å². The van der Waals surface area contributed by atoms with Gasteiger partial charge in [-0.05, 0) is 37.5 Å². The third kappa shape index (κ3) is 3.37. The highest BCUT2D eigenvalue weighted by molar-refractivity contribution is 5.79. The summed E-state index contributed by atoms with van der Waals surface area (Å²) < 4.78 is 0. The summed E-state index contributed by atoms with van der Waals surface area (Å²) in [5, 5.41) is 3.45. The van der Waals surface area contributed by atoms with Crippen LogP contribution in [0.5, 0.6) is 0 Å². The molecular weight excluding hydrogens is 200 g/mol. The van der Waals surface area contributed by atoms with Crippen molar-refractivity contribution in [3.8, 4) is 0 Å². The van der Waals surface area contributed by atoms with E-state index in [-0.39, 0.29) is 0 Å². The fourth-order valence-corrected chi connectivity index (χ4v) is 2.52. The first-order valence-corrected chi connectivity index (χ1v) is 6.40. The topological polar surface area (TPSA) is 62.4 Å². The SMILES string of the molecule is CC1(C)CCCC(NC(=NC2CC2)NN)C1. The smallest absolute Gasteiger partial charge is 0.206 e. The molecule has 0 amide bonds. The summed E-state index contributed by atoms with van der Waals surface area (Å²) in [7, 11) is 0. The van der Waals surface area contributed by atoms with Gasteiger partial charge in [-0.3, -0.25) is 5.43 Å². The van der Waals surface area contributed by atoms with Crippen LogP contribution in [0.3, 0.4) is 0 Å². The third-order valence-corrected chi connectivity index (χ3v) is 3.54. The maximum atomic E-state index is 5.49. The summed E-state index contributed by atoms with van der Waals surface area (Å²) in [4.78, 5) is 4.52. The summed E-state index contributed by atoms with van der Waals surface area (Å²) in [5.74, 6) is 6.27. The fourth-order valence-electron chi connectivity index (χ4n) is 2.52. The van der Waals surface area contributed by atoms with Crippen molar-refractivity contribution in [2.45, 2.75) is 64.5 Å². The Hall–Kier alpha value is -0.770. The molecule has 4 heteroatoms. The molecule has 2 aliphatic carbocycles. The van der Waals surface area contributed by atoms with Gasteiger partial charge in [0.25, 0.3) is 0 Å². The van der Waals surface area contributed by atoms with E-state index >= 15 is 0 Å². The largest absolute Gasteiger partial charge is 0.353 e. The van der Waals surface area contributed by atoms with Crippen molar-refractivity contribution >= 4 is 5.96 Å². The van der Waals surface area contributed by atoms with Gasteiger partial charge < -0.3 is 5.32 Å². The lowest BCUT2D eigenvalue weighted by Crippen LogP contribution is -2.48. The van der Waals surface area contributed by atoms with Gasteiger partial charge in [-0.1, -0.05) is 20.3 Å². The lowest BCUT2D eigenvalue weighted by molar-refractivity contribution is 0.210. The van der Waals surface area contributed by atoms with Crippen LogP contribution in [0.4, 0.5) is 0 Å². The minimum absolute atomic E-state index is 0.454. The summed E-state index contributed by atoms with van der Waals surface area (Å²) >= 11 is 0. The Labute approximate surface area is 98.0 Å². The standard InChI is InChI=1S/C12H24N4/c1-12(2)7-3-4-10(8-12)15-11(16-13)14-9-5-6-9/h9-10H,3-8,13H2,1-2H3,(H2,14,15,16). The number of hydrogen-bond acceptors (Lipinski definition) is 2. The van der Waals surface area contributed by atoms with E-state index in [1.54, 1.807) is 0 Å². The van der Waals surface area contributed by atoms with E-state index in [9.17, 15) is 0 Å². The molecule has 0 heterocycles. The van der Waals surface area contributed by atoms with Crippen molar-refractivity contribution in [1.29, 1.82) is 0 Å². The highest BCUT2D eigenvalue weighted by Crippen LogP contribution is 2.35. The highest BCUT2D eigenvalue weighted by atomic mass is 15.3. The van der Waals surface area contributed by atoms with Gasteiger partial charge in [-0.25, -0.2) is 10.8 Å². The number of rotatable bonds is 2. The first-order chi connectivity index (χ1) is 7.59. The van der Waals surface area contributed by atoms with E-state index in [1.165, 1.54) is 38.5 Å². The third-order valence-electron chi connectivity index (χ3n) is 3.54. The number of aliphatic imine (C=N–C) groups is 1. The van der Waals surface area contributed by atoms with Gasteiger partial charge in [0.05, 0.1) is 6.04 Å². The van der Waals surface area contributed by atoms with Crippen LogP contribution in [0.2, 0.25) is 0 Å². The van der Waals surface area contributed by atoms with E-state index in [2.05, 4.69) is 29.6 Å². The lowest BCUT2D eigenvalue weighted by atomic mass is 9.75. The van der Waals surface area contributed by atoms with Crippen molar-refractivity contribution in [2.24, 2.45) is 16.3 Å². The maximum absolute atomic E-state index is 5.49. The number of nitrogens with two attached hydrogens (primary N) is 1. The zero-order valence-electron chi connectivity index (χ0n) is 10.4. The van der Waals surface area contributed by atoms with Crippen LogP contribution in [0, 0.1) is 5.41 Å². The molecule has 0 radical (unpaired) electrons. The molecule has 16 heavy (non-hydrogen) atoms. The quantitative estimate of drug-likeness (QED) is 0.288. The first kappa shape index (κ1) is 11.7. The molecule has 1 unspecified atom stereocenters. The van der Waals surface area contributed by atoms with Crippen molar-refractivity contribution in [3.63, 3.8) is 0 Å². The van der Waals surface area contributed by atoms with Gasteiger partial charge in [-0.15, -0.1) is 0 Å². The van der Waals surface area contributed by atoms with E-state index in [4.69, 9.17) is 5.84 Å². The number of hydrazine groups is 1. The predicted molar refractivity (Wildman–Crippen MR) is 67.0 cm³/mol. The zero-order chi connectivity index (χ0) is 11.6. The van der Waals surface area contributed by atoms with Crippen LogP contribution in [0.1, 0.15) is 52.4 Å². The van der Waals surface area contributed by atoms with Crippen LogP contribution in [-0.4, -0.2) is 18.0 Å². The van der Waals surface area contributed by atoms with Crippen LogP contribution < -0.4 is 16.6 Å². The van der Waals surface area contributed by atoms with Gasteiger partial charge in [0.15, 0.2) is 0 Å². The minimum atomic E-state index is 0.454. The first-order valence-electron chi connectivity index (χ1n) is 6.40. The Morgan fingerprint density at radius 3 is 2.62 bits per heavy atom. The molecular formula is C12H24N4. The maximum Gasteiger partial charge on any atom is 0.206 e. The molecule has 0 spiro atoms. The zero-order valence-corrected chi connectivity index (χ0v) is 10.4. The van der Waals surface area contributed by atoms with E-state index in [1.807, 2.05) is 0 Å². The monoisotopic (exact) mass is 224 g/mol. The molecule has 0 aliphatic heterocycles. The second-order valence-electron chi connectivity index (χ2n) is 5.96. The predicted octanol–water partition coefficient (Wildman–Crippen LogP) is 1.53. The van der Waals surface area contributed by atoms with Crippen LogP contribution in [-0.2, 0) is 0 Å². The molecule has 0 aromatic rings. The molecule has 2 rings (SSSR count). The summed E-state index contributed by atoms with van der Waals surface area (Å²) in [6.07, 6.45) is 7.49. The molecule has 92 valence electrons. The van der Waals surface area contributed by atoms with Crippen LogP contribution in [0.15, 0.2) is 4.99 Å². The molecule has 4 nitrogen and oxygen atoms in total. The number of hydrogen-bond donors (Lipinski definition) is 3. The minimum Gasteiger partial charge on any atom is -0.353 e. The Morgan fingerprint density at radius 2 is 2.06 bits per heavy atom. The average molecular weight is 224 g/mol. The normalized spacial score (nSPS) is 29.9. The van der Waals surface area contributed by atoms with Crippen LogP contribution >= 0.6 is 0 Å². The Bertz CT molecular complexity index is 268. The highest BCUT2D eigenvalue weighted by Gasteiger charge is 2.29. The van der Waals surface area contributed by atoms with Crippen molar-refractivity contribution in [2.75, 3.05) is 0 Å². The molecule has 2 aliphatic rings. The molecule has 0 aromatic carbocycles. The van der Waals surface area contributed by atoms with Gasteiger partial charge >= 0.3 is 0 Å². The lowest BCUT2D eigenvalue weighted by Gasteiger charge is -2.36. The van der Waals surface area contributed by atoms with Gasteiger partial charge in [0.2, 0.25) is 5.96 Å². The Kier molecular flexibility index (Phi) is 3.38. The van der Waals surface area contributed by atoms with Crippen LogP contribution in [0.25, 0.3) is 0 Å². The van der Waals surface area contributed by atoms with Gasteiger partial charge in [0.1, 0.15) is 0 Å². The molecule has 0 bridgehead atoms. The average Bonchev–Trinajstić information content (AvgIpc) is 2.99. The van der Waals surface area contributed by atoms with E-state index in [0.29, 0.717) is 17.5 Å². The molecule has 1 atom stereocenters. The van der Waals surface area contributed by atoms with Gasteiger partial charge in [-0.2, -0.15) is 0 Å². The van der Waals surface area contributed by atoms with Crippen molar-refractivity contribution < 1.29 is 0 Å². The van der Waals surface area contributed by atoms with Gasteiger partial charge in [0, 0.05) is 6.04 Å². The number of nitrogens with one attached hydrogen (secondary N) is 2. The molecule has 2 fully saturated rings. The molecule has 4 N–H and O–H groups in total. The molecule has 0 aromatic heterocycles. The summed E-state index contributed by atoms with van der Waals surface area (Å²) in [5.41, 5.74) is 3.14. The number of nitrogens with zero attached hydrogens (tertiary/aromatic N) is 1. The summed E-state index contributed by atoms with van der Waals surface area (Å²) in [6, 6.07) is 1.03. The summed E-state index contributed by atoms with van der Waals surface area (Å²) in [6.45, 7) is 4.68. The fraction of sp³-hybridized carbons (Fsp3) is 0.917.